The Labute approximate surface area is 142 Å². The van der Waals surface area contributed by atoms with Gasteiger partial charge in [0.2, 0.25) is 0 Å². The molecule has 2 rings (SSSR count). The fourth-order valence-corrected chi connectivity index (χ4v) is 3.30. The van der Waals surface area contributed by atoms with Gasteiger partial charge in [0.1, 0.15) is 0 Å². The molecule has 1 unspecified atom stereocenters. The van der Waals surface area contributed by atoms with Crippen molar-refractivity contribution < 1.29 is 17.5 Å². The third-order valence-electron chi connectivity index (χ3n) is 3.57. The maximum atomic E-state index is 11.6. The monoisotopic (exact) mass is 348 g/mol. The van der Waals surface area contributed by atoms with Crippen molar-refractivity contribution in [1.82, 2.24) is 0 Å². The molecule has 0 aliphatic heterocycles. The summed E-state index contributed by atoms with van der Waals surface area (Å²) in [7, 11) is -2.33. The summed E-state index contributed by atoms with van der Waals surface area (Å²) in [5.41, 5.74) is 1.68. The van der Waals surface area contributed by atoms with Gasteiger partial charge >= 0.3 is 10.1 Å². The molecule has 0 saturated carbocycles. The van der Waals surface area contributed by atoms with Gasteiger partial charge in [0, 0.05) is 19.5 Å². The van der Waals surface area contributed by atoms with Crippen LogP contribution in [-0.2, 0) is 10.1 Å². The molecule has 0 radical (unpaired) electrons. The first kappa shape index (κ1) is 18.1. The number of hydrogen-bond acceptors (Lipinski definition) is 4. The van der Waals surface area contributed by atoms with Crippen LogP contribution in [0, 0.1) is 0 Å². The van der Waals surface area contributed by atoms with Crippen LogP contribution in [0.4, 0.5) is 5.69 Å². The summed E-state index contributed by atoms with van der Waals surface area (Å²) >= 11 is 0. The number of anilines is 1. The molecule has 1 aromatic carbocycles. The summed E-state index contributed by atoms with van der Waals surface area (Å²) in [5, 5.41) is 5.10. The molecule has 1 aromatic heterocycles. The maximum absolute atomic E-state index is 11.6. The highest BCUT2D eigenvalue weighted by Crippen LogP contribution is 2.14. The minimum Gasteiger partial charge on any atom is -0.280 e. The molecule has 0 saturated heterocycles. The lowest BCUT2D eigenvalue weighted by molar-refractivity contribution is -0.703. The Morgan fingerprint density at radius 2 is 1.96 bits per heavy atom. The second-order valence-electron chi connectivity index (χ2n) is 5.45. The number of hydrogen-bond donors (Lipinski definition) is 1. The molecule has 0 amide bonds. The van der Waals surface area contributed by atoms with Gasteiger partial charge in [-0.05, 0) is 24.6 Å². The lowest BCUT2D eigenvalue weighted by Gasteiger charge is -2.12. The van der Waals surface area contributed by atoms with Crippen LogP contribution >= 0.6 is 0 Å². The molecular formula is C17H22N3O3S+. The molecule has 0 aliphatic carbocycles. The standard InChI is InChI=1S/C17H21N3O3S/c1-3-8-17(24(21,22)23)20-12-7-9-15(14-20)13-18-19(2)16-10-5-4-6-11-16/h4-7,9-14,17H,3,8H2,1-2H3/p+1. The van der Waals surface area contributed by atoms with Crippen LogP contribution in [0.2, 0.25) is 0 Å². The van der Waals surface area contributed by atoms with Gasteiger partial charge < -0.3 is 0 Å². The zero-order valence-corrected chi connectivity index (χ0v) is 14.6. The third-order valence-corrected chi connectivity index (χ3v) is 4.73. The van der Waals surface area contributed by atoms with Gasteiger partial charge in [0.05, 0.1) is 17.5 Å². The van der Waals surface area contributed by atoms with E-state index in [-0.39, 0.29) is 0 Å². The van der Waals surface area contributed by atoms with Gasteiger partial charge in [-0.1, -0.05) is 25.1 Å². The van der Waals surface area contributed by atoms with E-state index in [0.717, 1.165) is 11.3 Å². The van der Waals surface area contributed by atoms with Gasteiger partial charge in [-0.15, -0.1) is 0 Å². The first-order valence-corrected chi connectivity index (χ1v) is 9.22. The molecule has 1 N–H and O–H groups in total. The zero-order valence-electron chi connectivity index (χ0n) is 13.8. The summed E-state index contributed by atoms with van der Waals surface area (Å²) in [4.78, 5) is 0. The largest absolute Gasteiger partial charge is 0.329 e. The van der Waals surface area contributed by atoms with Crippen molar-refractivity contribution in [3.8, 4) is 0 Å². The highest BCUT2D eigenvalue weighted by atomic mass is 32.2. The van der Waals surface area contributed by atoms with E-state index in [4.69, 9.17) is 0 Å². The predicted molar refractivity (Wildman–Crippen MR) is 94.6 cm³/mol. The maximum Gasteiger partial charge on any atom is 0.329 e. The molecule has 1 atom stereocenters. The van der Waals surface area contributed by atoms with Crippen molar-refractivity contribution in [2.75, 3.05) is 12.1 Å². The SMILES string of the molecule is CCCC([n+]1cccc(C=NN(C)c2ccccc2)c1)S(=O)(=O)O. The summed E-state index contributed by atoms with van der Waals surface area (Å²) in [6.45, 7) is 1.87. The number of para-hydroxylation sites is 1. The van der Waals surface area contributed by atoms with E-state index in [1.165, 1.54) is 4.57 Å². The fourth-order valence-electron chi connectivity index (χ4n) is 2.33. The van der Waals surface area contributed by atoms with Crippen molar-refractivity contribution in [2.45, 2.75) is 25.1 Å². The highest BCUT2D eigenvalue weighted by molar-refractivity contribution is 7.85. The third kappa shape index (κ3) is 4.87. The first-order valence-electron chi connectivity index (χ1n) is 7.71. The Balaban J connectivity index is 2.22. The van der Waals surface area contributed by atoms with Gasteiger partial charge in [0.15, 0.2) is 12.4 Å². The quantitative estimate of drug-likeness (QED) is 0.361. The zero-order chi connectivity index (χ0) is 17.6. The Hall–Kier alpha value is -2.25. The molecule has 0 bridgehead atoms. The van der Waals surface area contributed by atoms with Crippen molar-refractivity contribution in [3.05, 3.63) is 60.4 Å². The number of benzene rings is 1. The van der Waals surface area contributed by atoms with Gasteiger partial charge in [-0.25, -0.2) is 0 Å². The van der Waals surface area contributed by atoms with Crippen molar-refractivity contribution in [2.24, 2.45) is 5.10 Å². The predicted octanol–water partition coefficient (Wildman–Crippen LogP) is 2.63. The summed E-state index contributed by atoms with van der Waals surface area (Å²) in [6.07, 6.45) is 5.93. The molecule has 1 heterocycles. The van der Waals surface area contributed by atoms with Crippen LogP contribution in [0.3, 0.4) is 0 Å². The number of aromatic nitrogens is 1. The lowest BCUT2D eigenvalue weighted by Crippen LogP contribution is -2.43. The molecule has 2 aromatic rings. The normalized spacial score (nSPS) is 13.1. The van der Waals surface area contributed by atoms with E-state index in [9.17, 15) is 13.0 Å². The number of rotatable bonds is 7. The average Bonchev–Trinajstić information content (AvgIpc) is 2.57. The van der Waals surface area contributed by atoms with Crippen LogP contribution < -0.4 is 9.58 Å². The van der Waals surface area contributed by atoms with E-state index >= 15 is 0 Å². The van der Waals surface area contributed by atoms with E-state index in [2.05, 4.69) is 5.10 Å². The summed E-state index contributed by atoms with van der Waals surface area (Å²) in [5.74, 6) is 0. The molecule has 128 valence electrons. The number of nitrogens with zero attached hydrogens (tertiary/aromatic N) is 3. The van der Waals surface area contributed by atoms with Crippen LogP contribution in [0.15, 0.2) is 60.0 Å². The van der Waals surface area contributed by atoms with E-state index < -0.39 is 15.5 Å². The summed E-state index contributed by atoms with van der Waals surface area (Å²) < 4.78 is 34.1. The number of hydrazone groups is 1. The molecule has 0 fully saturated rings. The van der Waals surface area contributed by atoms with Crippen LogP contribution in [-0.4, -0.2) is 26.2 Å². The molecule has 24 heavy (non-hydrogen) atoms. The lowest BCUT2D eigenvalue weighted by atomic mass is 10.3. The highest BCUT2D eigenvalue weighted by Gasteiger charge is 2.31. The second-order valence-corrected chi connectivity index (χ2v) is 7.02. The topological polar surface area (TPSA) is 73.8 Å². The summed E-state index contributed by atoms with van der Waals surface area (Å²) in [6, 6.07) is 13.2. The van der Waals surface area contributed by atoms with E-state index in [0.29, 0.717) is 12.8 Å². The minimum atomic E-state index is -4.16. The second kappa shape index (κ2) is 8.03. The Morgan fingerprint density at radius 1 is 1.25 bits per heavy atom. The molecule has 0 spiro atoms. The van der Waals surface area contributed by atoms with Gasteiger partial charge in [0.25, 0.3) is 5.37 Å². The molecule has 6 nitrogen and oxygen atoms in total. The van der Waals surface area contributed by atoms with Crippen LogP contribution in [0.5, 0.6) is 0 Å². The Morgan fingerprint density at radius 3 is 2.58 bits per heavy atom. The van der Waals surface area contributed by atoms with Crippen molar-refractivity contribution in [1.29, 1.82) is 0 Å². The van der Waals surface area contributed by atoms with Crippen molar-refractivity contribution >= 4 is 22.0 Å². The minimum absolute atomic E-state index is 0.341. The fraction of sp³-hybridized carbons (Fsp3) is 0.294. The average molecular weight is 348 g/mol. The van der Waals surface area contributed by atoms with E-state index in [1.54, 1.807) is 29.7 Å². The Bertz CT molecular complexity index is 792. The molecule has 0 aliphatic rings. The molecule has 7 heteroatoms. The van der Waals surface area contributed by atoms with Crippen LogP contribution in [0.25, 0.3) is 0 Å². The van der Waals surface area contributed by atoms with Crippen LogP contribution in [0.1, 0.15) is 30.7 Å². The van der Waals surface area contributed by atoms with Gasteiger partial charge in [-0.2, -0.15) is 18.1 Å². The molecular weight excluding hydrogens is 326 g/mol. The smallest absolute Gasteiger partial charge is 0.280 e. The number of pyridine rings is 1. The van der Waals surface area contributed by atoms with Crippen molar-refractivity contribution in [3.63, 3.8) is 0 Å². The first-order chi connectivity index (χ1) is 11.4. The Kier molecular flexibility index (Phi) is 6.05. The van der Waals surface area contributed by atoms with E-state index in [1.807, 2.05) is 50.4 Å². The van der Waals surface area contributed by atoms with Gasteiger partial charge in [-0.3, -0.25) is 9.56 Å².